The molecule has 0 aliphatic carbocycles. The second-order valence-electron chi connectivity index (χ2n) is 7.66. The van der Waals surface area contributed by atoms with Crippen LogP contribution in [0, 0.1) is 13.8 Å². The smallest absolute Gasteiger partial charge is 0.333 e. The molecule has 1 N–H and O–H groups in total. The second-order valence-corrected chi connectivity index (χ2v) is 8.60. The van der Waals surface area contributed by atoms with Crippen molar-refractivity contribution in [2.45, 2.75) is 32.1 Å². The highest BCUT2D eigenvalue weighted by atomic mass is 32.2. The zero-order valence-electron chi connectivity index (χ0n) is 19.0. The van der Waals surface area contributed by atoms with Crippen LogP contribution in [0.1, 0.15) is 23.6 Å². The van der Waals surface area contributed by atoms with E-state index in [1.54, 1.807) is 13.1 Å². The number of halogens is 3. The number of aryl methyl sites for hydroxylation is 2. The maximum atomic E-state index is 13.2. The van der Waals surface area contributed by atoms with E-state index in [0.29, 0.717) is 5.16 Å². The van der Waals surface area contributed by atoms with Crippen LogP contribution in [0.2, 0.25) is 0 Å². The molecule has 6 nitrogen and oxygen atoms in total. The van der Waals surface area contributed by atoms with Crippen LogP contribution in [0.25, 0.3) is 5.69 Å². The fourth-order valence-corrected chi connectivity index (χ4v) is 4.22. The van der Waals surface area contributed by atoms with Gasteiger partial charge in [0.1, 0.15) is 0 Å². The van der Waals surface area contributed by atoms with E-state index in [1.165, 1.54) is 34.9 Å². The highest BCUT2D eigenvalue weighted by Gasteiger charge is 2.33. The van der Waals surface area contributed by atoms with E-state index in [4.69, 9.17) is 0 Å². The summed E-state index contributed by atoms with van der Waals surface area (Å²) in [5.74, 6) is -0.988. The summed E-state index contributed by atoms with van der Waals surface area (Å²) in [7, 11) is 0. The van der Waals surface area contributed by atoms with Gasteiger partial charge in [0.15, 0.2) is 5.16 Å². The fourth-order valence-electron chi connectivity index (χ4n) is 3.36. The number of benzene rings is 2. The van der Waals surface area contributed by atoms with Gasteiger partial charge < -0.3 is 10.2 Å². The maximum absolute atomic E-state index is 13.2. The summed E-state index contributed by atoms with van der Waals surface area (Å²) < 4.78 is 41.4. The van der Waals surface area contributed by atoms with Crippen molar-refractivity contribution in [3.63, 3.8) is 0 Å². The number of nitrogens with zero attached hydrogens (tertiary/aromatic N) is 3. The van der Waals surface area contributed by atoms with E-state index in [0.717, 1.165) is 22.9 Å². The lowest BCUT2D eigenvalue weighted by Gasteiger charge is -2.21. The Morgan fingerprint density at radius 1 is 1.15 bits per heavy atom. The van der Waals surface area contributed by atoms with Crippen molar-refractivity contribution in [1.29, 1.82) is 0 Å². The van der Waals surface area contributed by atoms with Gasteiger partial charge in [0.25, 0.3) is 0 Å². The van der Waals surface area contributed by atoms with Crippen molar-refractivity contribution >= 4 is 29.3 Å². The summed E-state index contributed by atoms with van der Waals surface area (Å²) >= 11 is 1.23. The van der Waals surface area contributed by atoms with Crippen LogP contribution < -0.4 is 5.32 Å². The number of imidazole rings is 1. The number of anilines is 1. The first-order valence-electron chi connectivity index (χ1n) is 10.6. The van der Waals surface area contributed by atoms with E-state index in [9.17, 15) is 22.8 Å². The topological polar surface area (TPSA) is 67.2 Å². The zero-order valence-corrected chi connectivity index (χ0v) is 19.8. The van der Waals surface area contributed by atoms with Gasteiger partial charge in [0, 0.05) is 18.9 Å². The van der Waals surface area contributed by atoms with Gasteiger partial charge in [-0.15, -0.1) is 0 Å². The number of carbonyl (C=O) groups excluding carboxylic acids is 2. The fraction of sp³-hybridized carbons (Fsp3) is 0.292. The van der Waals surface area contributed by atoms with Crippen LogP contribution in [0.3, 0.4) is 0 Å². The van der Waals surface area contributed by atoms with Gasteiger partial charge >= 0.3 is 6.18 Å². The van der Waals surface area contributed by atoms with E-state index >= 15 is 0 Å². The molecule has 0 fully saturated rings. The number of nitrogens with one attached hydrogen (secondary N) is 1. The van der Waals surface area contributed by atoms with Crippen LogP contribution in [-0.4, -0.2) is 45.1 Å². The van der Waals surface area contributed by atoms with Gasteiger partial charge in [0.05, 0.1) is 29.2 Å². The number of hydrogen-bond donors (Lipinski definition) is 1. The summed E-state index contributed by atoms with van der Waals surface area (Å²) in [6.07, 6.45) is -1.13. The van der Waals surface area contributed by atoms with Gasteiger partial charge in [0.2, 0.25) is 11.8 Å². The Kier molecular flexibility index (Phi) is 8.03. The number of amides is 2. The first-order valence-corrected chi connectivity index (χ1v) is 11.6. The molecule has 1 aromatic heterocycles. The molecule has 10 heteroatoms. The van der Waals surface area contributed by atoms with E-state index in [2.05, 4.69) is 10.3 Å². The number of likely N-dealkylation sites (N-methyl/N-ethyl adjacent to an activating group) is 1. The minimum Gasteiger partial charge on any atom is -0.333 e. The van der Waals surface area contributed by atoms with Crippen LogP contribution in [0.15, 0.2) is 60.0 Å². The average molecular weight is 491 g/mol. The molecular weight excluding hydrogens is 465 g/mol. The van der Waals surface area contributed by atoms with Crippen LogP contribution >= 0.6 is 11.8 Å². The van der Waals surface area contributed by atoms with E-state index < -0.39 is 17.6 Å². The minimum atomic E-state index is -4.60. The average Bonchev–Trinajstić information content (AvgIpc) is 3.25. The Balaban J connectivity index is 1.64. The Hall–Kier alpha value is -3.27. The van der Waals surface area contributed by atoms with Crippen LogP contribution in [0.4, 0.5) is 18.9 Å². The Bertz CT molecular complexity index is 1180. The maximum Gasteiger partial charge on any atom is 0.418 e. The number of thioether (sulfide) groups is 1. The van der Waals surface area contributed by atoms with Crippen molar-refractivity contribution in [1.82, 2.24) is 14.5 Å². The third kappa shape index (κ3) is 6.19. The Morgan fingerprint density at radius 3 is 2.59 bits per heavy atom. The Morgan fingerprint density at radius 2 is 1.88 bits per heavy atom. The summed E-state index contributed by atoms with van der Waals surface area (Å²) in [4.78, 5) is 30.8. The molecule has 34 heavy (non-hydrogen) atoms. The highest BCUT2D eigenvalue weighted by molar-refractivity contribution is 7.99. The van der Waals surface area contributed by atoms with Crippen molar-refractivity contribution in [2.24, 2.45) is 0 Å². The molecule has 0 bridgehead atoms. The molecule has 0 spiro atoms. The highest BCUT2D eigenvalue weighted by Crippen LogP contribution is 2.34. The number of aromatic nitrogens is 2. The molecular formula is C24H25F3N4O2S. The first-order chi connectivity index (χ1) is 16.1. The van der Waals surface area contributed by atoms with Gasteiger partial charge in [-0.1, -0.05) is 36.0 Å². The lowest BCUT2D eigenvalue weighted by atomic mass is 10.1. The summed E-state index contributed by atoms with van der Waals surface area (Å²) in [6.45, 7) is 5.57. The predicted octanol–water partition coefficient (Wildman–Crippen LogP) is 5.09. The van der Waals surface area contributed by atoms with E-state index in [1.807, 2.05) is 42.8 Å². The molecule has 0 saturated heterocycles. The van der Waals surface area contributed by atoms with Crippen LogP contribution in [0.5, 0.6) is 0 Å². The molecule has 0 atom stereocenters. The van der Waals surface area contributed by atoms with Gasteiger partial charge in [-0.25, -0.2) is 4.98 Å². The molecule has 2 amide bonds. The lowest BCUT2D eigenvalue weighted by Crippen LogP contribution is -2.39. The van der Waals surface area contributed by atoms with Crippen LogP contribution in [-0.2, 0) is 15.8 Å². The number of carbonyl (C=O) groups is 2. The molecule has 2 aromatic carbocycles. The van der Waals surface area contributed by atoms with Gasteiger partial charge in [-0.2, -0.15) is 13.2 Å². The second kappa shape index (κ2) is 10.8. The minimum absolute atomic E-state index is 0.0299. The Labute approximate surface area is 200 Å². The standard InChI is InChI=1S/C24H25F3N4O2S/c1-4-30(14-21(32)29-19-8-6-5-7-18(19)24(25,26)27)22(33)15-34-23-28-11-12-31(23)20-13-16(2)9-10-17(20)3/h5-13H,4,14-15H2,1-3H3,(H,29,32). The predicted molar refractivity (Wildman–Crippen MR) is 126 cm³/mol. The summed E-state index contributed by atoms with van der Waals surface area (Å²) in [6, 6.07) is 10.8. The first kappa shape index (κ1) is 25.4. The van der Waals surface area contributed by atoms with Gasteiger partial charge in [-0.05, 0) is 50.1 Å². The number of hydrogen-bond acceptors (Lipinski definition) is 4. The van der Waals surface area contributed by atoms with Crippen molar-refractivity contribution in [3.05, 3.63) is 71.5 Å². The number of para-hydroxylation sites is 1. The van der Waals surface area contributed by atoms with Crippen molar-refractivity contribution in [3.8, 4) is 5.69 Å². The third-order valence-corrected chi connectivity index (χ3v) is 6.08. The number of rotatable bonds is 8. The molecule has 0 aliphatic heterocycles. The largest absolute Gasteiger partial charge is 0.418 e. The summed E-state index contributed by atoms with van der Waals surface area (Å²) in [5, 5.41) is 2.90. The zero-order chi connectivity index (χ0) is 24.9. The molecule has 0 saturated carbocycles. The molecule has 3 aromatic rings. The normalized spacial score (nSPS) is 11.4. The molecule has 0 unspecified atom stereocenters. The van der Waals surface area contributed by atoms with Crippen molar-refractivity contribution in [2.75, 3.05) is 24.2 Å². The number of alkyl halides is 3. The molecule has 3 rings (SSSR count). The van der Waals surface area contributed by atoms with Gasteiger partial charge in [-0.3, -0.25) is 14.2 Å². The molecule has 180 valence electrons. The quantitative estimate of drug-likeness (QED) is 0.447. The molecule has 1 heterocycles. The summed E-state index contributed by atoms with van der Waals surface area (Å²) in [5.41, 5.74) is 1.84. The van der Waals surface area contributed by atoms with Crippen molar-refractivity contribution < 1.29 is 22.8 Å². The lowest BCUT2D eigenvalue weighted by molar-refractivity contribution is -0.137. The third-order valence-electron chi connectivity index (χ3n) is 5.13. The molecule has 0 aliphatic rings. The molecule has 0 radical (unpaired) electrons. The van der Waals surface area contributed by atoms with E-state index in [-0.39, 0.29) is 30.4 Å². The monoisotopic (exact) mass is 490 g/mol. The SMILES string of the molecule is CCN(CC(=O)Nc1ccccc1C(F)(F)F)C(=O)CSc1nccn1-c1cc(C)ccc1C.